The van der Waals surface area contributed by atoms with E-state index in [1.54, 1.807) is 36.1 Å². The zero-order chi connectivity index (χ0) is 17.8. The average molecular weight is 343 g/mol. The molecule has 0 radical (unpaired) electrons. The third kappa shape index (κ3) is 4.00. The van der Waals surface area contributed by atoms with E-state index in [2.05, 4.69) is 10.3 Å². The molecule has 0 spiro atoms. The molecule has 25 heavy (non-hydrogen) atoms. The fraction of sp³-hybridized carbons (Fsp3) is 0.278. The van der Waals surface area contributed by atoms with Crippen LogP contribution in [0, 0.1) is 12.7 Å². The van der Waals surface area contributed by atoms with Gasteiger partial charge in [-0.2, -0.15) is 0 Å². The van der Waals surface area contributed by atoms with Crippen LogP contribution >= 0.6 is 0 Å². The van der Waals surface area contributed by atoms with Gasteiger partial charge in [0.15, 0.2) is 0 Å². The van der Waals surface area contributed by atoms with Crippen LogP contribution in [-0.4, -0.2) is 48.0 Å². The van der Waals surface area contributed by atoms with E-state index in [1.165, 1.54) is 12.3 Å². The Morgan fingerprint density at radius 2 is 1.88 bits per heavy atom. The zero-order valence-corrected chi connectivity index (χ0v) is 13.8. The molecule has 7 heteroatoms. The topological polar surface area (TPSA) is 71.5 Å². The van der Waals surface area contributed by atoms with Gasteiger partial charge in [-0.05, 0) is 36.8 Å². The standard InChI is InChI=1S/C18H18FN3O3/c1-12-2-3-13(10-15(12)19)17(23)21-16-5-4-14(11-20-16)18(24)22-6-8-25-9-7-22/h2-5,10-11H,6-9H2,1H3,(H,20,21,23). The van der Waals surface area contributed by atoms with E-state index in [9.17, 15) is 14.0 Å². The molecule has 1 aromatic carbocycles. The number of hydrogen-bond donors (Lipinski definition) is 1. The first kappa shape index (κ1) is 17.0. The monoisotopic (exact) mass is 343 g/mol. The molecule has 0 saturated carbocycles. The lowest BCUT2D eigenvalue weighted by Gasteiger charge is -2.26. The van der Waals surface area contributed by atoms with Crippen LogP contribution in [0.2, 0.25) is 0 Å². The highest BCUT2D eigenvalue weighted by atomic mass is 19.1. The highest BCUT2D eigenvalue weighted by Crippen LogP contribution is 2.13. The number of amides is 2. The van der Waals surface area contributed by atoms with Gasteiger partial charge < -0.3 is 15.0 Å². The van der Waals surface area contributed by atoms with Gasteiger partial charge in [-0.25, -0.2) is 9.37 Å². The number of carbonyl (C=O) groups is 2. The van der Waals surface area contributed by atoms with Crippen LogP contribution in [0.4, 0.5) is 10.2 Å². The van der Waals surface area contributed by atoms with Gasteiger partial charge >= 0.3 is 0 Å². The smallest absolute Gasteiger partial charge is 0.256 e. The van der Waals surface area contributed by atoms with E-state index in [1.807, 2.05) is 0 Å². The minimum absolute atomic E-state index is 0.116. The molecule has 1 aliphatic heterocycles. The summed E-state index contributed by atoms with van der Waals surface area (Å²) in [5, 5.41) is 2.59. The van der Waals surface area contributed by atoms with E-state index in [0.29, 0.717) is 43.2 Å². The summed E-state index contributed by atoms with van der Waals surface area (Å²) in [5.41, 5.74) is 1.13. The quantitative estimate of drug-likeness (QED) is 0.928. The first-order valence-electron chi connectivity index (χ1n) is 7.95. The molecule has 1 fully saturated rings. The lowest BCUT2D eigenvalue weighted by molar-refractivity contribution is 0.0302. The third-order valence-electron chi connectivity index (χ3n) is 3.98. The van der Waals surface area contributed by atoms with Crippen molar-refractivity contribution >= 4 is 17.6 Å². The maximum absolute atomic E-state index is 13.6. The molecule has 0 atom stereocenters. The van der Waals surface area contributed by atoms with Gasteiger partial charge in [0.1, 0.15) is 11.6 Å². The molecule has 6 nitrogen and oxygen atoms in total. The zero-order valence-electron chi connectivity index (χ0n) is 13.8. The molecule has 0 bridgehead atoms. The summed E-state index contributed by atoms with van der Waals surface area (Å²) >= 11 is 0. The molecule has 1 aromatic heterocycles. The highest BCUT2D eigenvalue weighted by molar-refractivity contribution is 6.04. The number of anilines is 1. The number of benzene rings is 1. The van der Waals surface area contributed by atoms with Gasteiger partial charge in [-0.3, -0.25) is 9.59 Å². The summed E-state index contributed by atoms with van der Waals surface area (Å²) in [6, 6.07) is 7.43. The Morgan fingerprint density at radius 1 is 1.16 bits per heavy atom. The molecule has 3 rings (SSSR count). The van der Waals surface area contributed by atoms with Crippen molar-refractivity contribution in [3.05, 3.63) is 59.0 Å². The second kappa shape index (κ2) is 7.40. The van der Waals surface area contributed by atoms with Gasteiger partial charge in [-0.15, -0.1) is 0 Å². The van der Waals surface area contributed by atoms with Crippen LogP contribution < -0.4 is 5.32 Å². The van der Waals surface area contributed by atoms with Crippen LogP contribution in [0.3, 0.4) is 0 Å². The van der Waals surface area contributed by atoms with Crippen molar-refractivity contribution in [1.29, 1.82) is 0 Å². The number of aryl methyl sites for hydroxylation is 1. The summed E-state index contributed by atoms with van der Waals surface area (Å²) < 4.78 is 18.8. The number of aromatic nitrogens is 1. The molecule has 1 saturated heterocycles. The minimum atomic E-state index is -0.460. The predicted octanol–water partition coefficient (Wildman–Crippen LogP) is 2.25. The van der Waals surface area contributed by atoms with Crippen LogP contribution in [-0.2, 0) is 4.74 Å². The van der Waals surface area contributed by atoms with E-state index in [4.69, 9.17) is 4.74 Å². The molecule has 2 heterocycles. The first-order valence-corrected chi connectivity index (χ1v) is 7.95. The van der Waals surface area contributed by atoms with Crippen LogP contribution in [0.5, 0.6) is 0 Å². The number of ether oxygens (including phenoxy) is 1. The van der Waals surface area contributed by atoms with Crippen molar-refractivity contribution in [3.8, 4) is 0 Å². The Kier molecular flexibility index (Phi) is 5.04. The fourth-order valence-corrected chi connectivity index (χ4v) is 2.47. The van der Waals surface area contributed by atoms with Crippen LogP contribution in [0.1, 0.15) is 26.3 Å². The maximum atomic E-state index is 13.6. The van der Waals surface area contributed by atoms with E-state index in [-0.39, 0.29) is 11.5 Å². The maximum Gasteiger partial charge on any atom is 0.256 e. The Bertz CT molecular complexity index is 787. The molecule has 1 aliphatic rings. The van der Waals surface area contributed by atoms with Gasteiger partial charge in [0.2, 0.25) is 0 Å². The van der Waals surface area contributed by atoms with Crippen molar-refractivity contribution in [1.82, 2.24) is 9.88 Å². The predicted molar refractivity (Wildman–Crippen MR) is 90.0 cm³/mol. The van der Waals surface area contributed by atoms with Gasteiger partial charge in [-0.1, -0.05) is 6.07 Å². The van der Waals surface area contributed by atoms with E-state index in [0.717, 1.165) is 0 Å². The minimum Gasteiger partial charge on any atom is -0.378 e. The number of nitrogens with one attached hydrogen (secondary N) is 1. The molecular weight excluding hydrogens is 325 g/mol. The summed E-state index contributed by atoms with van der Waals surface area (Å²) in [6.07, 6.45) is 1.42. The normalized spacial score (nSPS) is 14.2. The van der Waals surface area contributed by atoms with Crippen molar-refractivity contribution in [2.24, 2.45) is 0 Å². The second-order valence-electron chi connectivity index (χ2n) is 5.75. The van der Waals surface area contributed by atoms with Crippen molar-refractivity contribution in [2.75, 3.05) is 31.6 Å². The van der Waals surface area contributed by atoms with Gasteiger partial charge in [0.25, 0.3) is 11.8 Å². The van der Waals surface area contributed by atoms with Crippen LogP contribution in [0.25, 0.3) is 0 Å². The molecule has 2 aromatic rings. The first-order chi connectivity index (χ1) is 12.0. The van der Waals surface area contributed by atoms with E-state index < -0.39 is 11.7 Å². The number of hydrogen-bond acceptors (Lipinski definition) is 4. The lowest BCUT2D eigenvalue weighted by Crippen LogP contribution is -2.40. The summed E-state index contributed by atoms with van der Waals surface area (Å²) in [5.74, 6) is -0.718. The highest BCUT2D eigenvalue weighted by Gasteiger charge is 2.19. The van der Waals surface area contributed by atoms with Crippen molar-refractivity contribution in [2.45, 2.75) is 6.92 Å². The van der Waals surface area contributed by atoms with Gasteiger partial charge in [0, 0.05) is 24.8 Å². The van der Waals surface area contributed by atoms with Gasteiger partial charge in [0.05, 0.1) is 18.8 Å². The Labute approximate surface area is 144 Å². The SMILES string of the molecule is Cc1ccc(C(=O)Nc2ccc(C(=O)N3CCOCC3)cn2)cc1F. The lowest BCUT2D eigenvalue weighted by atomic mass is 10.1. The number of nitrogens with zero attached hydrogens (tertiary/aromatic N) is 2. The number of carbonyl (C=O) groups excluding carboxylic acids is 2. The molecule has 0 unspecified atom stereocenters. The number of morpholine rings is 1. The fourth-order valence-electron chi connectivity index (χ4n) is 2.47. The summed E-state index contributed by atoms with van der Waals surface area (Å²) in [6.45, 7) is 3.79. The Balaban J connectivity index is 1.66. The van der Waals surface area contributed by atoms with Crippen molar-refractivity contribution < 1.29 is 18.7 Å². The van der Waals surface area contributed by atoms with Crippen molar-refractivity contribution in [3.63, 3.8) is 0 Å². The molecule has 0 aliphatic carbocycles. The molecule has 130 valence electrons. The number of pyridine rings is 1. The third-order valence-corrected chi connectivity index (χ3v) is 3.98. The Morgan fingerprint density at radius 3 is 2.52 bits per heavy atom. The molecular formula is C18H18FN3O3. The summed E-state index contributed by atoms with van der Waals surface area (Å²) in [7, 11) is 0. The second-order valence-corrected chi connectivity index (χ2v) is 5.75. The number of halogens is 1. The van der Waals surface area contributed by atoms with Crippen LogP contribution in [0.15, 0.2) is 36.5 Å². The Hall–Kier alpha value is -2.80. The largest absolute Gasteiger partial charge is 0.378 e. The van der Waals surface area contributed by atoms with E-state index >= 15 is 0 Å². The summed E-state index contributed by atoms with van der Waals surface area (Å²) in [4.78, 5) is 30.3. The molecule has 2 amide bonds. The number of rotatable bonds is 3. The average Bonchev–Trinajstić information content (AvgIpc) is 2.64. The molecule has 1 N–H and O–H groups in total.